The molecule has 1 aliphatic carbocycles. The summed E-state index contributed by atoms with van der Waals surface area (Å²) in [5.74, 6) is -3.40. The maximum atomic E-state index is 15.4. The van der Waals surface area contributed by atoms with Crippen LogP contribution in [0.15, 0.2) is 30.3 Å². The first-order valence-electron chi connectivity index (χ1n) is 12.7. The Bertz CT molecular complexity index is 1560. The third kappa shape index (κ3) is 4.32. The summed E-state index contributed by atoms with van der Waals surface area (Å²) in [7, 11) is 1.67. The minimum atomic E-state index is -3.09. The molecule has 2 atom stereocenters. The Hall–Kier alpha value is -3.47. The number of imidazole rings is 1. The van der Waals surface area contributed by atoms with E-state index in [-0.39, 0.29) is 41.8 Å². The van der Waals surface area contributed by atoms with Crippen LogP contribution in [0, 0.1) is 11.7 Å². The van der Waals surface area contributed by atoms with E-state index in [2.05, 4.69) is 9.97 Å². The van der Waals surface area contributed by atoms with Crippen LogP contribution in [-0.2, 0) is 19.5 Å². The average molecular weight is 529 g/mol. The van der Waals surface area contributed by atoms with E-state index in [4.69, 9.17) is 5.73 Å². The lowest BCUT2D eigenvalue weighted by atomic mass is 10.0. The van der Waals surface area contributed by atoms with Gasteiger partial charge in [-0.2, -0.15) is 8.78 Å². The molecule has 3 aromatic heterocycles. The molecule has 4 heterocycles. The van der Waals surface area contributed by atoms with E-state index in [1.807, 2.05) is 10.6 Å². The van der Waals surface area contributed by atoms with Gasteiger partial charge in [0.15, 0.2) is 5.82 Å². The van der Waals surface area contributed by atoms with E-state index in [1.165, 1.54) is 17.0 Å². The van der Waals surface area contributed by atoms with Crippen LogP contribution in [0.4, 0.5) is 17.6 Å². The topological polar surface area (TPSA) is 82.0 Å². The molecule has 11 heteroatoms. The van der Waals surface area contributed by atoms with Gasteiger partial charge in [0.05, 0.1) is 17.8 Å². The number of nitrogens with two attached hydrogens (primary N) is 1. The summed E-state index contributed by atoms with van der Waals surface area (Å²) in [5, 5.41) is 0.680. The Balaban J connectivity index is 1.45. The molecule has 0 unspecified atom stereocenters. The molecule has 0 bridgehead atoms. The Morgan fingerprint density at radius 1 is 1.16 bits per heavy atom. The molecule has 0 radical (unpaired) electrons. The fraction of sp³-hybridized carbons (Fsp3) is 0.444. The first-order valence-corrected chi connectivity index (χ1v) is 12.7. The fourth-order valence-electron chi connectivity index (χ4n) is 5.37. The van der Waals surface area contributed by atoms with E-state index in [0.717, 1.165) is 25.8 Å². The number of aryl methyl sites for hydroxylation is 1. The smallest absolute Gasteiger partial charge is 0.287 e. The van der Waals surface area contributed by atoms with E-state index >= 15 is 4.39 Å². The molecule has 4 aromatic rings. The van der Waals surface area contributed by atoms with Crippen LogP contribution in [0.5, 0.6) is 0 Å². The van der Waals surface area contributed by atoms with Gasteiger partial charge in [0.25, 0.3) is 11.8 Å². The number of likely N-dealkylation sites (tertiary alicyclic amines) is 1. The van der Waals surface area contributed by atoms with Crippen molar-refractivity contribution in [2.75, 3.05) is 13.1 Å². The average Bonchev–Trinajstić information content (AvgIpc) is 3.51. The number of alkyl halides is 3. The van der Waals surface area contributed by atoms with Gasteiger partial charge in [-0.1, -0.05) is 0 Å². The Labute approximate surface area is 216 Å². The minimum Gasteiger partial charge on any atom is -0.334 e. The Morgan fingerprint density at radius 2 is 1.92 bits per heavy atom. The second-order valence-corrected chi connectivity index (χ2v) is 10.7. The Morgan fingerprint density at radius 3 is 2.61 bits per heavy atom. The molecular weight excluding hydrogens is 500 g/mol. The monoisotopic (exact) mass is 528 g/mol. The summed E-state index contributed by atoms with van der Waals surface area (Å²) in [6, 6.07) is 6.91. The highest BCUT2D eigenvalue weighted by molar-refractivity contribution is 5.98. The number of benzene rings is 1. The number of hydrogen-bond donors (Lipinski definition) is 1. The third-order valence-electron chi connectivity index (χ3n) is 7.45. The standard InChI is InChI=1S/C27H28F4N6O/c1-27(30,31)22-6-5-15-9-21(37(24(15)34-22)11-14-3-4-14)25-33-20-8-16(7-19(29)23(20)35(25)2)26(38)36-12-17(28)10-18(32)13-36/h5-9,14,17-18H,3-4,10-13,32H2,1-2H3/t17-,18-/m1/s1. The number of aromatic nitrogens is 4. The van der Waals surface area contributed by atoms with Crippen molar-refractivity contribution < 1.29 is 22.4 Å². The van der Waals surface area contributed by atoms with Crippen LogP contribution in [0.3, 0.4) is 0 Å². The summed E-state index contributed by atoms with van der Waals surface area (Å²) in [6.45, 7) is 1.50. The van der Waals surface area contributed by atoms with E-state index in [9.17, 15) is 18.0 Å². The molecule has 1 saturated heterocycles. The first-order chi connectivity index (χ1) is 18.0. The van der Waals surface area contributed by atoms with Gasteiger partial charge in [0, 0.05) is 44.1 Å². The van der Waals surface area contributed by atoms with Crippen LogP contribution in [0.1, 0.15) is 42.2 Å². The zero-order valence-corrected chi connectivity index (χ0v) is 21.1. The van der Waals surface area contributed by atoms with Crippen molar-refractivity contribution >= 4 is 28.0 Å². The van der Waals surface area contributed by atoms with Gasteiger partial charge in [-0.05, 0) is 55.5 Å². The highest BCUT2D eigenvalue weighted by Crippen LogP contribution is 2.37. The largest absolute Gasteiger partial charge is 0.334 e. The van der Waals surface area contributed by atoms with E-state index in [1.54, 1.807) is 17.7 Å². The van der Waals surface area contributed by atoms with Crippen molar-refractivity contribution in [2.24, 2.45) is 18.7 Å². The zero-order chi connectivity index (χ0) is 26.9. The number of halogens is 4. The number of carbonyl (C=O) groups is 1. The predicted molar refractivity (Wildman–Crippen MR) is 135 cm³/mol. The highest BCUT2D eigenvalue weighted by atomic mass is 19.3. The van der Waals surface area contributed by atoms with Crippen LogP contribution >= 0.6 is 0 Å². The number of amides is 1. The summed E-state index contributed by atoms with van der Waals surface area (Å²) in [4.78, 5) is 23.4. The van der Waals surface area contributed by atoms with Gasteiger partial charge < -0.3 is 19.8 Å². The molecule has 2 fully saturated rings. The summed E-state index contributed by atoms with van der Waals surface area (Å²) in [5.41, 5.74) is 7.15. The summed E-state index contributed by atoms with van der Waals surface area (Å²) in [6.07, 6.45) is 1.02. The number of rotatable bonds is 5. The van der Waals surface area contributed by atoms with Crippen LogP contribution < -0.4 is 5.73 Å². The number of piperidine rings is 1. The predicted octanol–water partition coefficient (Wildman–Crippen LogP) is 4.76. The molecule has 0 spiro atoms. The lowest BCUT2D eigenvalue weighted by Gasteiger charge is -2.33. The number of carbonyl (C=O) groups excluding carboxylic acids is 1. The van der Waals surface area contributed by atoms with E-state index in [0.29, 0.717) is 35.0 Å². The minimum absolute atomic E-state index is 0.0657. The molecular formula is C27H28F4N6O. The molecule has 1 aromatic carbocycles. The van der Waals surface area contributed by atoms with Crippen molar-refractivity contribution in [2.45, 2.75) is 50.9 Å². The molecule has 1 aliphatic heterocycles. The lowest BCUT2D eigenvalue weighted by Crippen LogP contribution is -2.50. The fourth-order valence-corrected chi connectivity index (χ4v) is 5.37. The van der Waals surface area contributed by atoms with Crippen molar-refractivity contribution in [3.05, 3.63) is 47.4 Å². The maximum absolute atomic E-state index is 15.4. The lowest BCUT2D eigenvalue weighted by molar-refractivity contribution is 0.0130. The van der Waals surface area contributed by atoms with Crippen LogP contribution in [0.25, 0.3) is 33.6 Å². The van der Waals surface area contributed by atoms with Crippen molar-refractivity contribution in [3.8, 4) is 11.5 Å². The van der Waals surface area contributed by atoms with Gasteiger partial charge in [-0.15, -0.1) is 0 Å². The van der Waals surface area contributed by atoms with Crippen molar-refractivity contribution in [1.29, 1.82) is 0 Å². The normalized spacial score (nSPS) is 20.6. The third-order valence-corrected chi connectivity index (χ3v) is 7.45. The molecule has 200 valence electrons. The molecule has 1 saturated carbocycles. The maximum Gasteiger partial charge on any atom is 0.287 e. The second-order valence-electron chi connectivity index (χ2n) is 10.7. The highest BCUT2D eigenvalue weighted by Gasteiger charge is 2.31. The van der Waals surface area contributed by atoms with Gasteiger partial charge >= 0.3 is 0 Å². The summed E-state index contributed by atoms with van der Waals surface area (Å²) < 4.78 is 61.0. The van der Waals surface area contributed by atoms with Gasteiger partial charge in [-0.25, -0.2) is 18.7 Å². The summed E-state index contributed by atoms with van der Waals surface area (Å²) >= 11 is 0. The quantitative estimate of drug-likeness (QED) is 0.379. The molecule has 6 rings (SSSR count). The zero-order valence-electron chi connectivity index (χ0n) is 21.1. The van der Waals surface area contributed by atoms with Gasteiger partial charge in [-0.3, -0.25) is 4.79 Å². The molecule has 7 nitrogen and oxygen atoms in total. The molecule has 1 amide bonds. The van der Waals surface area contributed by atoms with Crippen molar-refractivity contribution in [1.82, 2.24) is 24.0 Å². The molecule has 38 heavy (non-hydrogen) atoms. The Kier molecular flexibility index (Phi) is 5.75. The SMILES string of the molecule is Cn1c(-c2cc3ccc(C(C)(F)F)nc3n2CC2CC2)nc2cc(C(=O)N3C[C@H](N)C[C@@H](F)C3)cc(F)c21. The second kappa shape index (κ2) is 8.79. The van der Waals surface area contributed by atoms with Crippen molar-refractivity contribution in [3.63, 3.8) is 0 Å². The van der Waals surface area contributed by atoms with Crippen LogP contribution in [-0.4, -0.2) is 55.2 Å². The number of nitrogens with zero attached hydrogens (tertiary/aromatic N) is 5. The molecule has 2 aliphatic rings. The van der Waals surface area contributed by atoms with Gasteiger partial charge in [0.2, 0.25) is 0 Å². The van der Waals surface area contributed by atoms with Gasteiger partial charge in [0.1, 0.15) is 28.8 Å². The molecule has 2 N–H and O–H groups in total. The number of hydrogen-bond acceptors (Lipinski definition) is 4. The van der Waals surface area contributed by atoms with Crippen LogP contribution in [0.2, 0.25) is 0 Å². The first kappa shape index (κ1) is 24.8. The number of pyridine rings is 1. The van der Waals surface area contributed by atoms with E-state index < -0.39 is 29.9 Å². The number of fused-ring (bicyclic) bond motifs is 2.